The van der Waals surface area contributed by atoms with Crippen LogP contribution in [0.4, 0.5) is 0 Å². The molecule has 2 aromatic heterocycles. The summed E-state index contributed by atoms with van der Waals surface area (Å²) in [6.45, 7) is 4.70. The predicted molar refractivity (Wildman–Crippen MR) is 79.3 cm³/mol. The molecule has 0 aromatic carbocycles. The van der Waals surface area contributed by atoms with Gasteiger partial charge in [-0.3, -0.25) is 0 Å². The molecule has 0 aliphatic rings. The third-order valence-corrected chi connectivity index (χ3v) is 4.83. The van der Waals surface area contributed by atoms with E-state index in [1.165, 1.54) is 9.75 Å². The number of nitrogens with one attached hydrogen (secondary N) is 1. The zero-order valence-corrected chi connectivity index (χ0v) is 12.3. The van der Waals surface area contributed by atoms with Crippen LogP contribution < -0.4 is 5.32 Å². The molecule has 0 aliphatic heterocycles. The first-order valence-corrected chi connectivity index (χ1v) is 7.92. The molecule has 0 aliphatic carbocycles. The summed E-state index contributed by atoms with van der Waals surface area (Å²) >= 11 is 3.50. The fourth-order valence-electron chi connectivity index (χ4n) is 1.73. The van der Waals surface area contributed by atoms with Gasteiger partial charge >= 0.3 is 0 Å². The summed E-state index contributed by atoms with van der Waals surface area (Å²) in [6, 6.07) is 8.63. The van der Waals surface area contributed by atoms with E-state index in [-0.39, 0.29) is 18.1 Å². The number of hydrogen-bond donors (Lipinski definition) is 2. The summed E-state index contributed by atoms with van der Waals surface area (Å²) in [5, 5.41) is 17.6. The van der Waals surface area contributed by atoms with Gasteiger partial charge in [0.1, 0.15) is 0 Å². The lowest BCUT2D eigenvalue weighted by atomic mass is 10.1. The minimum absolute atomic E-state index is 0.207. The molecule has 18 heavy (non-hydrogen) atoms. The van der Waals surface area contributed by atoms with Crippen molar-refractivity contribution in [3.8, 4) is 0 Å². The smallest absolute Gasteiger partial charge is 0.0765 e. The quantitative estimate of drug-likeness (QED) is 0.849. The maximum atomic E-state index is 9.91. The molecule has 0 saturated heterocycles. The van der Waals surface area contributed by atoms with Gasteiger partial charge in [0, 0.05) is 16.3 Å². The van der Waals surface area contributed by atoms with E-state index in [0.29, 0.717) is 6.54 Å². The van der Waals surface area contributed by atoms with E-state index >= 15 is 0 Å². The maximum absolute atomic E-state index is 9.91. The Morgan fingerprint density at radius 1 is 1.11 bits per heavy atom. The van der Waals surface area contributed by atoms with Crippen LogP contribution in [0.3, 0.4) is 0 Å². The monoisotopic (exact) mass is 281 g/mol. The molecule has 0 amide bonds. The minimum atomic E-state index is -0.299. The first-order chi connectivity index (χ1) is 8.68. The highest BCUT2D eigenvalue weighted by Gasteiger charge is 2.18. The Bertz CT molecular complexity index is 402. The van der Waals surface area contributed by atoms with Gasteiger partial charge in [0.05, 0.1) is 12.1 Å². The summed E-state index contributed by atoms with van der Waals surface area (Å²) in [4.78, 5) is 2.60. The molecule has 98 valence electrons. The van der Waals surface area contributed by atoms with Crippen molar-refractivity contribution in [3.63, 3.8) is 0 Å². The van der Waals surface area contributed by atoms with E-state index in [1.54, 1.807) is 22.7 Å². The molecule has 0 bridgehead atoms. The van der Waals surface area contributed by atoms with Crippen LogP contribution in [-0.4, -0.2) is 17.8 Å². The fraction of sp³-hybridized carbons (Fsp3) is 0.429. The number of thiophene rings is 2. The third kappa shape index (κ3) is 3.42. The van der Waals surface area contributed by atoms with Crippen LogP contribution in [-0.2, 0) is 0 Å². The van der Waals surface area contributed by atoms with Gasteiger partial charge in [-0.25, -0.2) is 0 Å². The largest absolute Gasteiger partial charge is 0.392 e. The molecule has 2 nitrogen and oxygen atoms in total. The first kappa shape index (κ1) is 13.7. The Morgan fingerprint density at radius 3 is 2.06 bits per heavy atom. The first-order valence-electron chi connectivity index (χ1n) is 6.16. The van der Waals surface area contributed by atoms with Gasteiger partial charge in [0.2, 0.25) is 0 Å². The van der Waals surface area contributed by atoms with E-state index in [9.17, 15) is 5.11 Å². The van der Waals surface area contributed by atoms with Crippen LogP contribution in [0.1, 0.15) is 29.6 Å². The Balaban J connectivity index is 2.07. The standard InChI is InChI=1S/C14H19NOS2/c1-10(2)11(16)9-15-14(12-5-3-7-17-12)13-6-4-8-18-13/h3-8,10-11,14-16H,9H2,1-2H3. The van der Waals surface area contributed by atoms with E-state index in [4.69, 9.17) is 0 Å². The summed E-state index contributed by atoms with van der Waals surface area (Å²) in [5.74, 6) is 0.282. The molecule has 2 rings (SSSR count). The normalized spacial score (nSPS) is 13.4. The van der Waals surface area contributed by atoms with Crippen LogP contribution in [0.5, 0.6) is 0 Å². The Morgan fingerprint density at radius 2 is 1.67 bits per heavy atom. The van der Waals surface area contributed by atoms with Crippen molar-refractivity contribution in [3.05, 3.63) is 44.8 Å². The van der Waals surface area contributed by atoms with Crippen molar-refractivity contribution < 1.29 is 5.11 Å². The van der Waals surface area contributed by atoms with Crippen molar-refractivity contribution in [2.45, 2.75) is 26.0 Å². The van der Waals surface area contributed by atoms with Crippen molar-refractivity contribution in [1.82, 2.24) is 5.32 Å². The molecule has 0 spiro atoms. The van der Waals surface area contributed by atoms with Crippen molar-refractivity contribution in [1.29, 1.82) is 0 Å². The highest BCUT2D eigenvalue weighted by atomic mass is 32.1. The molecular weight excluding hydrogens is 262 g/mol. The lowest BCUT2D eigenvalue weighted by molar-refractivity contribution is 0.122. The van der Waals surface area contributed by atoms with E-state index in [2.05, 4.69) is 40.3 Å². The topological polar surface area (TPSA) is 32.3 Å². The molecule has 0 fully saturated rings. The van der Waals surface area contributed by atoms with Gasteiger partial charge in [-0.1, -0.05) is 26.0 Å². The lowest BCUT2D eigenvalue weighted by Crippen LogP contribution is -2.33. The number of aliphatic hydroxyl groups is 1. The molecule has 2 N–H and O–H groups in total. The lowest BCUT2D eigenvalue weighted by Gasteiger charge is -2.20. The van der Waals surface area contributed by atoms with Crippen LogP contribution >= 0.6 is 22.7 Å². The highest BCUT2D eigenvalue weighted by Crippen LogP contribution is 2.29. The SMILES string of the molecule is CC(C)C(O)CNC(c1cccs1)c1cccs1. The Hall–Kier alpha value is -0.680. The second-order valence-electron chi connectivity index (χ2n) is 4.68. The third-order valence-electron chi connectivity index (χ3n) is 2.96. The molecule has 4 heteroatoms. The Labute approximate surface area is 116 Å². The van der Waals surface area contributed by atoms with Crippen molar-refractivity contribution in [2.24, 2.45) is 5.92 Å². The van der Waals surface area contributed by atoms with Crippen molar-refractivity contribution >= 4 is 22.7 Å². The van der Waals surface area contributed by atoms with Crippen LogP contribution in [0.2, 0.25) is 0 Å². The van der Waals surface area contributed by atoms with Gasteiger partial charge in [0.25, 0.3) is 0 Å². The van der Waals surface area contributed by atoms with E-state index in [1.807, 2.05) is 13.8 Å². The number of aliphatic hydroxyl groups excluding tert-OH is 1. The molecule has 2 aromatic rings. The molecule has 0 radical (unpaired) electrons. The highest BCUT2D eigenvalue weighted by molar-refractivity contribution is 7.11. The van der Waals surface area contributed by atoms with Gasteiger partial charge in [-0.15, -0.1) is 22.7 Å². The van der Waals surface area contributed by atoms with E-state index < -0.39 is 0 Å². The number of rotatable bonds is 6. The van der Waals surface area contributed by atoms with Crippen LogP contribution in [0.15, 0.2) is 35.0 Å². The molecule has 0 saturated carbocycles. The average Bonchev–Trinajstić information content (AvgIpc) is 3.01. The van der Waals surface area contributed by atoms with Crippen molar-refractivity contribution in [2.75, 3.05) is 6.54 Å². The maximum Gasteiger partial charge on any atom is 0.0765 e. The predicted octanol–water partition coefficient (Wildman–Crippen LogP) is 3.51. The molecule has 1 unspecified atom stereocenters. The second-order valence-corrected chi connectivity index (χ2v) is 6.64. The molecule has 1 atom stereocenters. The van der Waals surface area contributed by atoms with Crippen LogP contribution in [0.25, 0.3) is 0 Å². The van der Waals surface area contributed by atoms with E-state index in [0.717, 1.165) is 0 Å². The van der Waals surface area contributed by atoms with Crippen LogP contribution in [0, 0.1) is 5.92 Å². The summed E-state index contributed by atoms with van der Waals surface area (Å²) in [5.41, 5.74) is 0. The Kier molecular flexibility index (Phi) is 4.95. The number of hydrogen-bond acceptors (Lipinski definition) is 4. The summed E-state index contributed by atoms with van der Waals surface area (Å²) in [7, 11) is 0. The molecule has 2 heterocycles. The zero-order chi connectivity index (χ0) is 13.0. The van der Waals surface area contributed by atoms with Gasteiger partial charge in [0.15, 0.2) is 0 Å². The second kappa shape index (κ2) is 6.48. The van der Waals surface area contributed by atoms with Gasteiger partial charge in [-0.2, -0.15) is 0 Å². The fourth-order valence-corrected chi connectivity index (χ4v) is 3.44. The summed E-state index contributed by atoms with van der Waals surface area (Å²) < 4.78 is 0. The molecular formula is C14H19NOS2. The minimum Gasteiger partial charge on any atom is -0.392 e. The zero-order valence-electron chi connectivity index (χ0n) is 10.7. The summed E-state index contributed by atoms with van der Waals surface area (Å²) in [6.07, 6.45) is -0.299. The van der Waals surface area contributed by atoms with Gasteiger partial charge in [-0.05, 0) is 28.8 Å². The average molecular weight is 281 g/mol. The van der Waals surface area contributed by atoms with Gasteiger partial charge < -0.3 is 10.4 Å².